The first-order valence-corrected chi connectivity index (χ1v) is 11.4. The number of aromatic hydroxyl groups is 4. The molecule has 0 bridgehead atoms. The SMILES string of the molecule is CC(C)(CC=Cc1cc(O)cc(C#Cc2cc(O)cc(CCCC(C)(C)C(=O)O)c2O)c1O)C(=O)O. The Labute approximate surface area is 210 Å². The van der Waals surface area contributed by atoms with Gasteiger partial charge in [-0.1, -0.05) is 24.0 Å². The number of aryl methyl sites for hydroxylation is 1. The monoisotopic (exact) mass is 496 g/mol. The third-order valence-corrected chi connectivity index (χ3v) is 5.96. The van der Waals surface area contributed by atoms with Crippen molar-refractivity contribution in [1.29, 1.82) is 0 Å². The quantitative estimate of drug-likeness (QED) is 0.212. The molecule has 192 valence electrons. The number of phenols is 4. The number of carboxylic acid groups (broad SMARTS) is 2. The van der Waals surface area contributed by atoms with Crippen molar-refractivity contribution < 1.29 is 40.2 Å². The second-order valence-electron chi connectivity index (χ2n) is 10.0. The van der Waals surface area contributed by atoms with E-state index in [0.717, 1.165) is 0 Å². The Morgan fingerprint density at radius 2 is 1.33 bits per heavy atom. The lowest BCUT2D eigenvalue weighted by molar-refractivity contribution is -0.147. The molecule has 0 aromatic heterocycles. The summed E-state index contributed by atoms with van der Waals surface area (Å²) >= 11 is 0. The number of aliphatic carboxylic acids is 2. The fourth-order valence-corrected chi connectivity index (χ4v) is 3.36. The van der Waals surface area contributed by atoms with Crippen LogP contribution in [-0.4, -0.2) is 42.6 Å². The highest BCUT2D eigenvalue weighted by atomic mass is 16.4. The van der Waals surface area contributed by atoms with Crippen LogP contribution in [0.1, 0.15) is 69.2 Å². The molecule has 8 heteroatoms. The fourth-order valence-electron chi connectivity index (χ4n) is 3.36. The minimum absolute atomic E-state index is 0.0691. The van der Waals surface area contributed by atoms with Crippen LogP contribution in [0.3, 0.4) is 0 Å². The molecule has 36 heavy (non-hydrogen) atoms. The van der Waals surface area contributed by atoms with Crippen LogP contribution in [0.2, 0.25) is 0 Å². The van der Waals surface area contributed by atoms with Crippen LogP contribution in [0.5, 0.6) is 23.0 Å². The summed E-state index contributed by atoms with van der Waals surface area (Å²) in [7, 11) is 0. The predicted octanol–water partition coefficient (Wildman–Crippen LogP) is 4.86. The Hall–Kier alpha value is -4.12. The molecule has 0 saturated heterocycles. The van der Waals surface area contributed by atoms with Gasteiger partial charge in [0.1, 0.15) is 23.0 Å². The molecular formula is C28H32O8. The maximum atomic E-state index is 11.3. The number of allylic oxidation sites excluding steroid dienone is 1. The van der Waals surface area contributed by atoms with E-state index in [0.29, 0.717) is 24.8 Å². The van der Waals surface area contributed by atoms with Crippen LogP contribution >= 0.6 is 0 Å². The first-order chi connectivity index (χ1) is 16.6. The molecule has 2 rings (SSSR count). The summed E-state index contributed by atoms with van der Waals surface area (Å²) in [6.45, 7) is 6.38. The summed E-state index contributed by atoms with van der Waals surface area (Å²) in [6, 6.07) is 5.21. The van der Waals surface area contributed by atoms with Gasteiger partial charge in [-0.25, -0.2) is 0 Å². The molecule has 0 spiro atoms. The smallest absolute Gasteiger partial charge is 0.309 e. The number of carbonyl (C=O) groups is 2. The first kappa shape index (κ1) is 28.1. The number of rotatable bonds is 9. The van der Waals surface area contributed by atoms with Gasteiger partial charge in [-0.05, 0) is 83.2 Å². The predicted molar refractivity (Wildman–Crippen MR) is 135 cm³/mol. The minimum Gasteiger partial charge on any atom is -0.508 e. The molecule has 2 aromatic carbocycles. The van der Waals surface area contributed by atoms with Crippen LogP contribution in [0.25, 0.3) is 6.08 Å². The van der Waals surface area contributed by atoms with Crippen molar-refractivity contribution in [3.05, 3.63) is 52.6 Å². The zero-order valence-electron chi connectivity index (χ0n) is 20.8. The van der Waals surface area contributed by atoms with Crippen molar-refractivity contribution in [1.82, 2.24) is 0 Å². The number of hydrogen-bond acceptors (Lipinski definition) is 6. The van der Waals surface area contributed by atoms with Gasteiger partial charge in [0.15, 0.2) is 0 Å². The van der Waals surface area contributed by atoms with Crippen LogP contribution in [-0.2, 0) is 16.0 Å². The van der Waals surface area contributed by atoms with E-state index in [4.69, 9.17) is 0 Å². The van der Waals surface area contributed by atoms with Gasteiger partial charge in [-0.3, -0.25) is 9.59 Å². The van der Waals surface area contributed by atoms with Gasteiger partial charge in [0, 0.05) is 5.56 Å². The molecule has 0 radical (unpaired) electrons. The summed E-state index contributed by atoms with van der Waals surface area (Å²) in [5, 5.41) is 59.9. The summed E-state index contributed by atoms with van der Waals surface area (Å²) in [6.07, 6.45) is 4.43. The van der Waals surface area contributed by atoms with Crippen molar-refractivity contribution in [2.75, 3.05) is 0 Å². The Morgan fingerprint density at radius 3 is 1.89 bits per heavy atom. The van der Waals surface area contributed by atoms with Crippen molar-refractivity contribution in [3.8, 4) is 34.8 Å². The second-order valence-corrected chi connectivity index (χ2v) is 10.0. The molecule has 0 amide bonds. The van der Waals surface area contributed by atoms with Crippen LogP contribution < -0.4 is 0 Å². The Bertz CT molecular complexity index is 1240. The van der Waals surface area contributed by atoms with E-state index in [1.165, 1.54) is 30.3 Å². The van der Waals surface area contributed by atoms with Crippen LogP contribution in [0.15, 0.2) is 30.3 Å². The van der Waals surface area contributed by atoms with Gasteiger partial charge in [-0.2, -0.15) is 0 Å². The molecule has 6 N–H and O–H groups in total. The molecule has 0 aliphatic rings. The lowest BCUT2D eigenvalue weighted by atomic mass is 9.86. The van der Waals surface area contributed by atoms with E-state index >= 15 is 0 Å². The van der Waals surface area contributed by atoms with Crippen molar-refractivity contribution in [2.24, 2.45) is 10.8 Å². The highest BCUT2D eigenvalue weighted by Gasteiger charge is 2.26. The lowest BCUT2D eigenvalue weighted by Gasteiger charge is -2.18. The minimum atomic E-state index is -1.00. The second kappa shape index (κ2) is 11.1. The molecule has 8 nitrogen and oxygen atoms in total. The van der Waals surface area contributed by atoms with Gasteiger partial charge < -0.3 is 30.6 Å². The fraction of sp³-hybridized carbons (Fsp3) is 0.357. The number of benzene rings is 2. The molecule has 0 atom stereocenters. The van der Waals surface area contributed by atoms with E-state index in [1.54, 1.807) is 33.8 Å². The zero-order chi connectivity index (χ0) is 27.3. The molecule has 0 aliphatic carbocycles. The van der Waals surface area contributed by atoms with Gasteiger partial charge in [0.2, 0.25) is 0 Å². The average Bonchev–Trinajstić information content (AvgIpc) is 2.76. The molecule has 0 unspecified atom stereocenters. The standard InChI is InChI=1S/C28H32O8/c1-27(2,25(33)34)11-5-7-17-13-21(29)15-19(23(17)31)9-10-20-16-22(30)14-18(24(20)32)8-6-12-28(3,4)26(35)36/h5,7,13-16,29-32H,6,8,11-12H2,1-4H3,(H,33,34)(H,35,36). The van der Waals surface area contributed by atoms with Gasteiger partial charge in [0.05, 0.1) is 22.0 Å². The number of hydrogen-bond donors (Lipinski definition) is 6. The van der Waals surface area contributed by atoms with E-state index in [2.05, 4.69) is 11.8 Å². The molecule has 2 aromatic rings. The highest BCUT2D eigenvalue weighted by Crippen LogP contribution is 2.32. The van der Waals surface area contributed by atoms with Gasteiger partial charge in [0.25, 0.3) is 0 Å². The largest absolute Gasteiger partial charge is 0.508 e. The van der Waals surface area contributed by atoms with Crippen LogP contribution in [0, 0.1) is 22.7 Å². The third-order valence-electron chi connectivity index (χ3n) is 5.96. The van der Waals surface area contributed by atoms with Crippen LogP contribution in [0.4, 0.5) is 0 Å². The van der Waals surface area contributed by atoms with Gasteiger partial charge >= 0.3 is 11.9 Å². The molecule has 0 saturated carbocycles. The summed E-state index contributed by atoms with van der Waals surface area (Å²) in [4.78, 5) is 22.5. The topological polar surface area (TPSA) is 156 Å². The molecule has 0 fully saturated rings. The summed E-state index contributed by atoms with van der Waals surface area (Å²) in [5.41, 5.74) is -1.10. The van der Waals surface area contributed by atoms with Crippen molar-refractivity contribution in [2.45, 2.75) is 53.4 Å². The lowest BCUT2D eigenvalue weighted by Crippen LogP contribution is -2.23. The zero-order valence-corrected chi connectivity index (χ0v) is 20.8. The molecule has 0 aliphatic heterocycles. The Kier molecular flexibility index (Phi) is 8.66. The Balaban J connectivity index is 2.31. The van der Waals surface area contributed by atoms with E-state index < -0.39 is 22.8 Å². The normalized spacial score (nSPS) is 11.8. The van der Waals surface area contributed by atoms with Crippen molar-refractivity contribution >= 4 is 18.0 Å². The third kappa shape index (κ3) is 7.19. The summed E-state index contributed by atoms with van der Waals surface area (Å²) in [5.74, 6) is 2.81. The molecule has 0 heterocycles. The number of phenolic OH excluding ortho intramolecular Hbond substituents is 4. The van der Waals surface area contributed by atoms with E-state index in [9.17, 15) is 40.2 Å². The van der Waals surface area contributed by atoms with E-state index in [1.807, 2.05) is 0 Å². The number of carboxylic acids is 2. The summed E-state index contributed by atoms with van der Waals surface area (Å²) < 4.78 is 0. The average molecular weight is 497 g/mol. The maximum absolute atomic E-state index is 11.3. The van der Waals surface area contributed by atoms with Gasteiger partial charge in [-0.15, -0.1) is 0 Å². The highest BCUT2D eigenvalue weighted by molar-refractivity contribution is 5.74. The Morgan fingerprint density at radius 1 is 0.806 bits per heavy atom. The van der Waals surface area contributed by atoms with E-state index in [-0.39, 0.29) is 46.1 Å². The van der Waals surface area contributed by atoms with Crippen molar-refractivity contribution in [3.63, 3.8) is 0 Å². The molecular weight excluding hydrogens is 464 g/mol. The maximum Gasteiger partial charge on any atom is 0.309 e. The first-order valence-electron chi connectivity index (χ1n) is 11.4.